The zero-order valence-corrected chi connectivity index (χ0v) is 37.9. The predicted octanol–water partition coefficient (Wildman–Crippen LogP) is -0.317. The molecule has 0 unspecified atom stereocenters. The molecule has 3 rings (SSSR count). The first-order valence-corrected chi connectivity index (χ1v) is 22.4. The molecule has 0 spiro atoms. The van der Waals surface area contributed by atoms with Gasteiger partial charge in [0.15, 0.2) is 12.1 Å². The number of hydrogen-bond acceptors (Lipinski definition) is 18. The Labute approximate surface area is 385 Å². The number of ether oxygens (including phenoxy) is 4. The monoisotopic (exact) mass is 939 g/mol. The summed E-state index contributed by atoms with van der Waals surface area (Å²) >= 11 is 0. The Morgan fingerprint density at radius 2 is 1.17 bits per heavy atom. The Morgan fingerprint density at radius 3 is 1.73 bits per heavy atom. The minimum absolute atomic E-state index is 0.308. The Bertz CT molecular complexity index is 1700. The summed E-state index contributed by atoms with van der Waals surface area (Å²) in [5.74, 6) is -7.09. The topological polar surface area (TPSA) is 340 Å². The van der Waals surface area contributed by atoms with Crippen LogP contribution >= 0.6 is 0 Å². The van der Waals surface area contributed by atoms with Gasteiger partial charge in [-0.1, -0.05) is 98.9 Å². The number of fused-ring (bicyclic) bond motifs is 2. The molecule has 0 radical (unpaired) electrons. The second kappa shape index (κ2) is 27.5. The standard InChI is InChI=1S/C47H73NO18/c1-26-17-15-13-11-9-7-5-6-8-10-12-14-16-18-33(65-46-44(59)40(48)42(57)29(4)64-46)23-37-39(45(60)61)36(54)25-47(62,66-37)24-32(51)21-35(53)43(58)34(52)20-30(49)19-31(50)22-38(55)63-28(3)27(2)41(26)56/h5-18,26-37,39-44,46,49-54,56-59,62H,19-25,48H2,1-4H3,(H,60,61)/b6-5+,9-7+,10-8+,13-11+,14-12+,17-15+,18-16+/t26-,27-,28-,29+,30-,31+,32-,33-,34-,35+,36-,37-,39+,40-,41+,42+,43+,44-,46-,47+/m0/s1. The van der Waals surface area contributed by atoms with Gasteiger partial charge in [-0.15, -0.1) is 0 Å². The minimum Gasteiger partial charge on any atom is -0.481 e. The highest BCUT2D eigenvalue weighted by molar-refractivity contribution is 5.71. The molecule has 374 valence electrons. The highest BCUT2D eigenvalue weighted by Gasteiger charge is 2.51. The van der Waals surface area contributed by atoms with Gasteiger partial charge in [-0.25, -0.2) is 0 Å². The molecule has 2 fully saturated rings. The van der Waals surface area contributed by atoms with Crippen LogP contribution in [0.25, 0.3) is 0 Å². The summed E-state index contributed by atoms with van der Waals surface area (Å²) in [5.41, 5.74) is 6.01. The summed E-state index contributed by atoms with van der Waals surface area (Å²) in [6.07, 6.45) is -0.958. The number of rotatable bonds is 3. The van der Waals surface area contributed by atoms with E-state index in [4.69, 9.17) is 24.7 Å². The number of allylic oxidation sites excluding steroid dienone is 12. The Morgan fingerprint density at radius 1 is 0.636 bits per heavy atom. The first-order chi connectivity index (χ1) is 31.0. The lowest BCUT2D eigenvalue weighted by atomic mass is 9.82. The van der Waals surface area contributed by atoms with Crippen LogP contribution in [0.15, 0.2) is 85.1 Å². The molecule has 0 saturated carbocycles. The van der Waals surface area contributed by atoms with E-state index in [2.05, 4.69) is 0 Å². The van der Waals surface area contributed by atoms with E-state index in [1.807, 2.05) is 6.92 Å². The summed E-state index contributed by atoms with van der Waals surface area (Å²) in [6.45, 7) is 6.65. The Hall–Kier alpha value is -3.48. The maximum Gasteiger partial charge on any atom is 0.311 e. The van der Waals surface area contributed by atoms with Crippen molar-refractivity contribution in [1.29, 1.82) is 0 Å². The maximum atomic E-state index is 12.6. The van der Waals surface area contributed by atoms with Crippen LogP contribution in [0.2, 0.25) is 0 Å². The Balaban J connectivity index is 1.88. The molecule has 20 atom stereocenters. The lowest BCUT2D eigenvalue weighted by molar-refractivity contribution is -0.308. The average Bonchev–Trinajstić information content (AvgIpc) is 3.22. The van der Waals surface area contributed by atoms with Crippen molar-refractivity contribution in [2.45, 2.75) is 176 Å². The van der Waals surface area contributed by atoms with E-state index in [0.717, 1.165) is 0 Å². The summed E-state index contributed by atoms with van der Waals surface area (Å²) in [5, 5.41) is 129. The molecule has 3 heterocycles. The van der Waals surface area contributed by atoms with E-state index in [9.17, 15) is 70.9 Å². The van der Waals surface area contributed by atoms with E-state index in [1.54, 1.807) is 92.8 Å². The fraction of sp³-hybridized carbons (Fsp3) is 0.660. The van der Waals surface area contributed by atoms with Crippen molar-refractivity contribution in [3.05, 3.63) is 85.1 Å². The minimum atomic E-state index is -2.40. The van der Waals surface area contributed by atoms with Gasteiger partial charge in [0.1, 0.15) is 24.2 Å². The van der Waals surface area contributed by atoms with Crippen LogP contribution < -0.4 is 5.73 Å². The van der Waals surface area contributed by atoms with Gasteiger partial charge in [0.05, 0.1) is 79.6 Å². The van der Waals surface area contributed by atoms with E-state index in [1.165, 1.54) is 13.0 Å². The third-order valence-electron chi connectivity index (χ3n) is 12.1. The van der Waals surface area contributed by atoms with E-state index < -0.39 is 166 Å². The molecule has 0 aromatic rings. The van der Waals surface area contributed by atoms with E-state index in [-0.39, 0.29) is 12.3 Å². The van der Waals surface area contributed by atoms with Crippen molar-refractivity contribution >= 4 is 11.9 Å². The molecule has 2 bridgehead atoms. The third kappa shape index (κ3) is 18.2. The van der Waals surface area contributed by atoms with Gasteiger partial charge in [-0.2, -0.15) is 0 Å². The van der Waals surface area contributed by atoms with Gasteiger partial charge < -0.3 is 86.0 Å². The smallest absolute Gasteiger partial charge is 0.311 e. The first-order valence-electron chi connectivity index (χ1n) is 22.4. The van der Waals surface area contributed by atoms with Crippen molar-refractivity contribution < 1.29 is 89.8 Å². The lowest BCUT2D eigenvalue weighted by Crippen LogP contribution is -2.61. The second-order valence-electron chi connectivity index (χ2n) is 17.7. The molecule has 0 amide bonds. The van der Waals surface area contributed by atoms with Crippen LogP contribution in [0, 0.1) is 17.8 Å². The number of aliphatic hydroxyl groups excluding tert-OH is 10. The number of carboxylic acid groups (broad SMARTS) is 1. The number of carboxylic acids is 1. The molecule has 14 N–H and O–H groups in total. The van der Waals surface area contributed by atoms with Crippen molar-refractivity contribution in [2.75, 3.05) is 0 Å². The number of aliphatic hydroxyl groups is 11. The summed E-state index contributed by atoms with van der Waals surface area (Å²) in [7, 11) is 0. The number of nitrogens with two attached hydrogens (primary N) is 1. The summed E-state index contributed by atoms with van der Waals surface area (Å²) < 4.78 is 23.1. The van der Waals surface area contributed by atoms with Crippen molar-refractivity contribution in [1.82, 2.24) is 0 Å². The largest absolute Gasteiger partial charge is 0.481 e. The van der Waals surface area contributed by atoms with Crippen LogP contribution in [0.1, 0.15) is 72.6 Å². The SMILES string of the molecule is C[C@@H]1[C@H](O)[C@@H](C)/C=C/C=C/C=C/C=C/C=C/C=C/C=C/[C@H](O[C@@H]2O[C@H](C)[C@@H](O)[C@H](N)[C@@H]2O)C[C@@H]2O[C@](O)(C[C@@H](O)C[C@@H](O)[C@H](O)[C@@H](O)C[C@@H](O)C[C@@H](O)CC(=O)O[C@H]1C)C[C@H](O)[C@H]2C(=O)O. The van der Waals surface area contributed by atoms with Gasteiger partial charge in [-0.05, 0) is 20.3 Å². The normalized spacial score (nSPS) is 46.1. The molecule has 3 aliphatic rings. The van der Waals surface area contributed by atoms with Crippen molar-refractivity contribution in [3.63, 3.8) is 0 Å². The van der Waals surface area contributed by atoms with Crippen molar-refractivity contribution in [2.24, 2.45) is 23.5 Å². The molecule has 3 aliphatic heterocycles. The Kier molecular flexibility index (Phi) is 23.7. The fourth-order valence-corrected chi connectivity index (χ4v) is 8.05. The quantitative estimate of drug-likeness (QED) is 0.161. The average molecular weight is 940 g/mol. The van der Waals surface area contributed by atoms with Gasteiger partial charge >= 0.3 is 11.9 Å². The number of cyclic esters (lactones) is 1. The molecule has 0 aromatic carbocycles. The lowest BCUT2D eigenvalue weighted by Gasteiger charge is -2.45. The van der Waals surface area contributed by atoms with Gasteiger partial charge in [0.2, 0.25) is 0 Å². The molecular weight excluding hydrogens is 867 g/mol. The summed E-state index contributed by atoms with van der Waals surface area (Å²) in [4.78, 5) is 25.1. The molecular formula is C47H73NO18. The highest BCUT2D eigenvalue weighted by Crippen LogP contribution is 2.38. The number of aliphatic carboxylic acids is 1. The fourth-order valence-electron chi connectivity index (χ4n) is 8.05. The highest BCUT2D eigenvalue weighted by atomic mass is 16.7. The summed E-state index contributed by atoms with van der Waals surface area (Å²) in [6, 6.07) is -1.17. The first kappa shape index (κ1) is 56.8. The van der Waals surface area contributed by atoms with Crippen LogP contribution in [-0.4, -0.2) is 177 Å². The molecule has 66 heavy (non-hydrogen) atoms. The van der Waals surface area contributed by atoms with Crippen LogP contribution in [0.5, 0.6) is 0 Å². The molecule has 0 aromatic heterocycles. The number of carbonyl (C=O) groups excluding carboxylic acids is 1. The maximum absolute atomic E-state index is 12.6. The molecule has 0 aliphatic carbocycles. The third-order valence-corrected chi connectivity index (χ3v) is 12.1. The van der Waals surface area contributed by atoms with Gasteiger partial charge in [-0.3, -0.25) is 9.59 Å². The van der Waals surface area contributed by atoms with E-state index in [0.29, 0.717) is 0 Å². The number of hydrogen-bond donors (Lipinski definition) is 13. The number of esters is 1. The van der Waals surface area contributed by atoms with Crippen molar-refractivity contribution in [3.8, 4) is 0 Å². The van der Waals surface area contributed by atoms with E-state index >= 15 is 0 Å². The zero-order valence-electron chi connectivity index (χ0n) is 37.9. The van der Waals surface area contributed by atoms with Crippen LogP contribution in [-0.2, 0) is 28.5 Å². The van der Waals surface area contributed by atoms with Gasteiger partial charge in [0, 0.05) is 43.9 Å². The molecule has 19 heteroatoms. The second-order valence-corrected chi connectivity index (χ2v) is 17.7. The molecule has 2 saturated heterocycles. The number of carbonyl (C=O) groups is 2. The van der Waals surface area contributed by atoms with Crippen LogP contribution in [0.3, 0.4) is 0 Å². The predicted molar refractivity (Wildman–Crippen MR) is 238 cm³/mol. The van der Waals surface area contributed by atoms with Crippen LogP contribution in [0.4, 0.5) is 0 Å². The zero-order chi connectivity index (χ0) is 49.3. The molecule has 19 nitrogen and oxygen atoms in total. The van der Waals surface area contributed by atoms with Gasteiger partial charge in [0.25, 0.3) is 0 Å².